The van der Waals surface area contributed by atoms with Gasteiger partial charge in [0, 0.05) is 11.6 Å². The van der Waals surface area contributed by atoms with E-state index in [1.165, 1.54) is 5.56 Å². The standard InChI is InChI=1S/C16H26N2O/c1-11(2)13-4-5-14(15(10-13)19-3)16(17)12-6-8-18-9-7-12/h4-5,10-12,16,18H,6-9,17H2,1-3H3. The van der Waals surface area contributed by atoms with E-state index in [1.54, 1.807) is 7.11 Å². The number of benzene rings is 1. The first kappa shape index (κ1) is 14.4. The van der Waals surface area contributed by atoms with Gasteiger partial charge in [0.1, 0.15) is 5.75 Å². The summed E-state index contributed by atoms with van der Waals surface area (Å²) in [7, 11) is 1.73. The molecule has 3 nitrogen and oxygen atoms in total. The maximum absolute atomic E-state index is 6.46. The molecular formula is C16H26N2O. The van der Waals surface area contributed by atoms with Gasteiger partial charge < -0.3 is 15.8 Å². The Bertz CT molecular complexity index is 411. The molecule has 3 N–H and O–H groups in total. The van der Waals surface area contributed by atoms with Gasteiger partial charge in [0.2, 0.25) is 0 Å². The fourth-order valence-corrected chi connectivity index (χ4v) is 2.82. The molecule has 1 heterocycles. The van der Waals surface area contributed by atoms with Crippen molar-refractivity contribution in [3.05, 3.63) is 29.3 Å². The first-order chi connectivity index (χ1) is 9.13. The maximum Gasteiger partial charge on any atom is 0.123 e. The highest BCUT2D eigenvalue weighted by Crippen LogP contribution is 2.34. The molecule has 0 amide bonds. The summed E-state index contributed by atoms with van der Waals surface area (Å²) < 4.78 is 5.55. The largest absolute Gasteiger partial charge is 0.496 e. The first-order valence-electron chi connectivity index (χ1n) is 7.27. The minimum absolute atomic E-state index is 0.0817. The van der Waals surface area contributed by atoms with E-state index in [-0.39, 0.29) is 6.04 Å². The minimum atomic E-state index is 0.0817. The predicted molar refractivity (Wildman–Crippen MR) is 79.6 cm³/mol. The van der Waals surface area contributed by atoms with Crippen LogP contribution in [0.3, 0.4) is 0 Å². The average Bonchev–Trinajstić information content (AvgIpc) is 2.46. The van der Waals surface area contributed by atoms with Crippen molar-refractivity contribution in [2.24, 2.45) is 11.7 Å². The van der Waals surface area contributed by atoms with Crippen molar-refractivity contribution in [1.29, 1.82) is 0 Å². The Morgan fingerprint density at radius 3 is 2.53 bits per heavy atom. The van der Waals surface area contributed by atoms with Crippen LogP contribution in [0.25, 0.3) is 0 Å². The molecule has 0 bridgehead atoms. The third kappa shape index (κ3) is 3.28. The lowest BCUT2D eigenvalue weighted by Gasteiger charge is -2.29. The molecule has 106 valence electrons. The van der Waals surface area contributed by atoms with Gasteiger partial charge in [-0.25, -0.2) is 0 Å². The van der Waals surface area contributed by atoms with Crippen molar-refractivity contribution in [2.75, 3.05) is 20.2 Å². The summed E-state index contributed by atoms with van der Waals surface area (Å²) in [6.07, 6.45) is 2.30. The lowest BCUT2D eigenvalue weighted by molar-refractivity contribution is 0.313. The number of rotatable bonds is 4. The molecule has 1 saturated heterocycles. The van der Waals surface area contributed by atoms with Crippen LogP contribution in [0.5, 0.6) is 5.75 Å². The van der Waals surface area contributed by atoms with Crippen molar-refractivity contribution in [1.82, 2.24) is 5.32 Å². The molecule has 1 fully saturated rings. The molecule has 1 atom stereocenters. The van der Waals surface area contributed by atoms with E-state index in [1.807, 2.05) is 0 Å². The third-order valence-corrected chi connectivity index (χ3v) is 4.17. The van der Waals surface area contributed by atoms with E-state index in [0.717, 1.165) is 37.2 Å². The van der Waals surface area contributed by atoms with Crippen LogP contribution in [0.4, 0.5) is 0 Å². The van der Waals surface area contributed by atoms with Crippen molar-refractivity contribution >= 4 is 0 Å². The van der Waals surface area contributed by atoms with E-state index in [0.29, 0.717) is 11.8 Å². The molecule has 1 aromatic rings. The highest BCUT2D eigenvalue weighted by molar-refractivity contribution is 5.41. The van der Waals surface area contributed by atoms with Gasteiger partial charge in [-0.2, -0.15) is 0 Å². The summed E-state index contributed by atoms with van der Waals surface area (Å²) in [5.41, 5.74) is 8.92. The number of nitrogens with two attached hydrogens (primary N) is 1. The molecule has 2 rings (SSSR count). The third-order valence-electron chi connectivity index (χ3n) is 4.17. The Morgan fingerprint density at radius 1 is 1.26 bits per heavy atom. The number of methoxy groups -OCH3 is 1. The fourth-order valence-electron chi connectivity index (χ4n) is 2.82. The molecular weight excluding hydrogens is 236 g/mol. The Kier molecular flexibility index (Phi) is 4.83. The van der Waals surface area contributed by atoms with E-state index in [9.17, 15) is 0 Å². The van der Waals surface area contributed by atoms with Gasteiger partial charge in [0.25, 0.3) is 0 Å². The van der Waals surface area contributed by atoms with Crippen LogP contribution in [0.15, 0.2) is 18.2 Å². The summed E-state index contributed by atoms with van der Waals surface area (Å²) in [5.74, 6) is 2.01. The number of hydrogen-bond acceptors (Lipinski definition) is 3. The predicted octanol–water partition coefficient (Wildman–Crippen LogP) is 2.82. The summed E-state index contributed by atoms with van der Waals surface area (Å²) in [4.78, 5) is 0. The van der Waals surface area contributed by atoms with E-state index in [2.05, 4.69) is 37.4 Å². The van der Waals surface area contributed by atoms with E-state index in [4.69, 9.17) is 10.5 Å². The summed E-state index contributed by atoms with van der Waals surface area (Å²) in [5, 5.41) is 3.39. The molecule has 0 saturated carbocycles. The first-order valence-corrected chi connectivity index (χ1v) is 7.27. The highest BCUT2D eigenvalue weighted by Gasteiger charge is 2.24. The molecule has 0 aliphatic carbocycles. The zero-order valence-electron chi connectivity index (χ0n) is 12.3. The van der Waals surface area contributed by atoms with Crippen LogP contribution in [0.1, 0.15) is 49.8 Å². The van der Waals surface area contributed by atoms with Crippen LogP contribution in [-0.2, 0) is 0 Å². The lowest BCUT2D eigenvalue weighted by atomic mass is 9.85. The van der Waals surface area contributed by atoms with E-state index >= 15 is 0 Å². The monoisotopic (exact) mass is 262 g/mol. The molecule has 0 aromatic heterocycles. The molecule has 1 aliphatic rings. The van der Waals surface area contributed by atoms with Crippen LogP contribution < -0.4 is 15.8 Å². The molecule has 1 aliphatic heterocycles. The number of nitrogens with one attached hydrogen (secondary N) is 1. The number of piperidine rings is 1. The lowest BCUT2D eigenvalue weighted by Crippen LogP contribution is -2.33. The van der Waals surface area contributed by atoms with Gasteiger partial charge >= 0.3 is 0 Å². The van der Waals surface area contributed by atoms with Gasteiger partial charge in [0.15, 0.2) is 0 Å². The minimum Gasteiger partial charge on any atom is -0.496 e. The second-order valence-electron chi connectivity index (χ2n) is 5.77. The van der Waals surface area contributed by atoms with Gasteiger partial charge in [-0.3, -0.25) is 0 Å². The second-order valence-corrected chi connectivity index (χ2v) is 5.77. The molecule has 19 heavy (non-hydrogen) atoms. The van der Waals surface area contributed by atoms with Gasteiger partial charge in [-0.15, -0.1) is 0 Å². The fraction of sp³-hybridized carbons (Fsp3) is 0.625. The van der Waals surface area contributed by atoms with Crippen LogP contribution in [0, 0.1) is 5.92 Å². The normalized spacial score (nSPS) is 18.6. The Hall–Kier alpha value is -1.06. The number of ether oxygens (including phenoxy) is 1. The Labute approximate surface area is 116 Å². The van der Waals surface area contributed by atoms with Crippen LogP contribution >= 0.6 is 0 Å². The summed E-state index contributed by atoms with van der Waals surface area (Å²) in [6, 6.07) is 6.56. The van der Waals surface area contributed by atoms with E-state index < -0.39 is 0 Å². The average molecular weight is 262 g/mol. The maximum atomic E-state index is 6.46. The summed E-state index contributed by atoms with van der Waals surface area (Å²) >= 11 is 0. The molecule has 1 aromatic carbocycles. The van der Waals surface area contributed by atoms with Crippen molar-refractivity contribution in [3.63, 3.8) is 0 Å². The quantitative estimate of drug-likeness (QED) is 0.877. The Morgan fingerprint density at radius 2 is 1.95 bits per heavy atom. The summed E-state index contributed by atoms with van der Waals surface area (Å²) in [6.45, 7) is 6.54. The van der Waals surface area contributed by atoms with Gasteiger partial charge in [-0.1, -0.05) is 26.0 Å². The van der Waals surface area contributed by atoms with Crippen LogP contribution in [-0.4, -0.2) is 20.2 Å². The zero-order valence-corrected chi connectivity index (χ0v) is 12.3. The van der Waals surface area contributed by atoms with Crippen molar-refractivity contribution in [2.45, 2.75) is 38.6 Å². The molecule has 3 heteroatoms. The zero-order chi connectivity index (χ0) is 13.8. The van der Waals surface area contributed by atoms with Crippen molar-refractivity contribution < 1.29 is 4.74 Å². The number of hydrogen-bond donors (Lipinski definition) is 2. The SMILES string of the molecule is COc1cc(C(C)C)ccc1C(N)C1CCNCC1. The molecule has 1 unspecified atom stereocenters. The molecule has 0 radical (unpaired) electrons. The Balaban J connectivity index is 2.22. The smallest absolute Gasteiger partial charge is 0.123 e. The highest BCUT2D eigenvalue weighted by atomic mass is 16.5. The molecule has 0 spiro atoms. The van der Waals surface area contributed by atoms with Gasteiger partial charge in [0.05, 0.1) is 7.11 Å². The van der Waals surface area contributed by atoms with Crippen LogP contribution in [0.2, 0.25) is 0 Å². The van der Waals surface area contributed by atoms with Crippen molar-refractivity contribution in [3.8, 4) is 5.75 Å². The topological polar surface area (TPSA) is 47.3 Å². The second kappa shape index (κ2) is 6.40. The van der Waals surface area contributed by atoms with Gasteiger partial charge in [-0.05, 0) is 49.4 Å².